The zero-order valence-corrected chi connectivity index (χ0v) is 13.0. The molecule has 104 valence electrons. The largest absolute Gasteiger partial charge is 0.481 e. The number of aryl methyl sites for hydroxylation is 1. The molecule has 0 aliphatic rings. The van der Waals surface area contributed by atoms with Crippen molar-refractivity contribution in [1.82, 2.24) is 14.5 Å². The molecule has 2 heterocycles. The number of halogens is 1. The standard InChI is InChI=1S/C13H18ClN3OS/c1-9(19-3)8-17-11(6-7-14)15-10-4-5-12(18-2)16-13(10)17/h4-5,9H,6-8H2,1-3H3. The van der Waals surface area contributed by atoms with Crippen LogP contribution in [0.3, 0.4) is 0 Å². The van der Waals surface area contributed by atoms with Crippen LogP contribution in [-0.2, 0) is 13.0 Å². The molecule has 0 aromatic carbocycles. The van der Waals surface area contributed by atoms with Gasteiger partial charge in [-0.2, -0.15) is 16.7 Å². The van der Waals surface area contributed by atoms with Gasteiger partial charge in [-0.3, -0.25) is 0 Å². The van der Waals surface area contributed by atoms with Gasteiger partial charge in [0.15, 0.2) is 5.65 Å². The van der Waals surface area contributed by atoms with Crippen LogP contribution in [0.4, 0.5) is 0 Å². The topological polar surface area (TPSA) is 39.9 Å². The van der Waals surface area contributed by atoms with Crippen molar-refractivity contribution in [3.8, 4) is 5.88 Å². The van der Waals surface area contributed by atoms with E-state index < -0.39 is 0 Å². The van der Waals surface area contributed by atoms with Crippen LogP contribution < -0.4 is 4.74 Å². The van der Waals surface area contributed by atoms with Gasteiger partial charge in [0.1, 0.15) is 11.3 Å². The third-order valence-electron chi connectivity index (χ3n) is 3.02. The number of ether oxygens (including phenoxy) is 1. The number of thioether (sulfide) groups is 1. The Morgan fingerprint density at radius 2 is 2.21 bits per heavy atom. The second kappa shape index (κ2) is 6.48. The lowest BCUT2D eigenvalue weighted by atomic mass is 10.4. The monoisotopic (exact) mass is 299 g/mol. The zero-order chi connectivity index (χ0) is 13.8. The third kappa shape index (κ3) is 3.15. The number of alkyl halides is 1. The van der Waals surface area contributed by atoms with Crippen molar-refractivity contribution in [2.75, 3.05) is 19.2 Å². The quantitative estimate of drug-likeness (QED) is 0.769. The molecule has 4 nitrogen and oxygen atoms in total. The van der Waals surface area contributed by atoms with Crippen LogP contribution in [0.2, 0.25) is 0 Å². The Bertz CT molecular complexity index is 558. The van der Waals surface area contributed by atoms with Crippen molar-refractivity contribution in [2.45, 2.75) is 25.1 Å². The maximum atomic E-state index is 5.86. The first-order valence-electron chi connectivity index (χ1n) is 6.18. The lowest BCUT2D eigenvalue weighted by Crippen LogP contribution is -2.13. The molecule has 0 N–H and O–H groups in total. The molecule has 0 fully saturated rings. The highest BCUT2D eigenvalue weighted by atomic mass is 35.5. The molecule has 1 unspecified atom stereocenters. The fraction of sp³-hybridized carbons (Fsp3) is 0.538. The number of aromatic nitrogens is 3. The van der Waals surface area contributed by atoms with Gasteiger partial charge in [-0.1, -0.05) is 6.92 Å². The maximum Gasteiger partial charge on any atom is 0.215 e. The molecule has 2 rings (SSSR count). The SMILES string of the molecule is COc1ccc2nc(CCCl)n(CC(C)SC)c2n1. The number of nitrogens with zero attached hydrogens (tertiary/aromatic N) is 3. The molecule has 0 amide bonds. The Morgan fingerprint density at radius 1 is 1.42 bits per heavy atom. The van der Waals surface area contributed by atoms with Gasteiger partial charge in [-0.15, -0.1) is 11.6 Å². The lowest BCUT2D eigenvalue weighted by Gasteiger charge is -2.12. The van der Waals surface area contributed by atoms with Gasteiger partial charge >= 0.3 is 0 Å². The van der Waals surface area contributed by atoms with E-state index in [4.69, 9.17) is 16.3 Å². The van der Waals surface area contributed by atoms with E-state index >= 15 is 0 Å². The van der Waals surface area contributed by atoms with Crippen molar-refractivity contribution in [3.05, 3.63) is 18.0 Å². The van der Waals surface area contributed by atoms with E-state index in [1.54, 1.807) is 7.11 Å². The first-order chi connectivity index (χ1) is 9.19. The van der Waals surface area contributed by atoms with Crippen LogP contribution in [0.25, 0.3) is 11.2 Å². The number of hydrogen-bond donors (Lipinski definition) is 0. The van der Waals surface area contributed by atoms with Crippen molar-refractivity contribution in [2.24, 2.45) is 0 Å². The van der Waals surface area contributed by atoms with E-state index in [9.17, 15) is 0 Å². The second-order valence-electron chi connectivity index (χ2n) is 4.32. The summed E-state index contributed by atoms with van der Waals surface area (Å²) in [6.07, 6.45) is 2.86. The Balaban J connectivity index is 2.49. The predicted molar refractivity (Wildman–Crippen MR) is 81.5 cm³/mol. The summed E-state index contributed by atoms with van der Waals surface area (Å²) in [5, 5.41) is 0.500. The van der Waals surface area contributed by atoms with Gasteiger partial charge in [-0.05, 0) is 12.3 Å². The molecule has 0 aliphatic heterocycles. The van der Waals surface area contributed by atoms with Gasteiger partial charge in [0.25, 0.3) is 0 Å². The number of imidazole rings is 1. The third-order valence-corrected chi connectivity index (χ3v) is 4.16. The fourth-order valence-electron chi connectivity index (χ4n) is 1.94. The molecule has 19 heavy (non-hydrogen) atoms. The van der Waals surface area contributed by atoms with E-state index in [0.717, 1.165) is 30.0 Å². The van der Waals surface area contributed by atoms with Gasteiger partial charge in [-0.25, -0.2) is 4.98 Å². The Morgan fingerprint density at radius 3 is 2.84 bits per heavy atom. The summed E-state index contributed by atoms with van der Waals surface area (Å²) in [5.74, 6) is 2.17. The van der Waals surface area contributed by atoms with Crippen molar-refractivity contribution in [1.29, 1.82) is 0 Å². The average Bonchev–Trinajstić information content (AvgIpc) is 2.76. The molecular formula is C13H18ClN3OS. The highest BCUT2D eigenvalue weighted by Gasteiger charge is 2.14. The highest BCUT2D eigenvalue weighted by molar-refractivity contribution is 7.99. The summed E-state index contributed by atoms with van der Waals surface area (Å²) in [5.41, 5.74) is 1.77. The van der Waals surface area contributed by atoms with Crippen molar-refractivity contribution in [3.63, 3.8) is 0 Å². The van der Waals surface area contributed by atoms with Crippen LogP contribution >= 0.6 is 23.4 Å². The summed E-state index contributed by atoms with van der Waals surface area (Å²) in [6, 6.07) is 3.78. The maximum absolute atomic E-state index is 5.86. The minimum atomic E-state index is 0.500. The van der Waals surface area contributed by atoms with Crippen LogP contribution in [-0.4, -0.2) is 39.0 Å². The fourth-order valence-corrected chi connectivity index (χ4v) is 2.41. The van der Waals surface area contributed by atoms with E-state index in [0.29, 0.717) is 17.0 Å². The second-order valence-corrected chi connectivity index (χ2v) is 5.97. The molecule has 0 aliphatic carbocycles. The first kappa shape index (κ1) is 14.5. The minimum absolute atomic E-state index is 0.500. The smallest absolute Gasteiger partial charge is 0.215 e. The summed E-state index contributed by atoms with van der Waals surface area (Å²) in [6.45, 7) is 3.07. The van der Waals surface area contributed by atoms with Crippen LogP contribution in [0.5, 0.6) is 5.88 Å². The molecule has 6 heteroatoms. The normalized spacial score (nSPS) is 12.8. The van der Waals surface area contributed by atoms with E-state index in [1.807, 2.05) is 23.9 Å². The Hall–Kier alpha value is -0.940. The van der Waals surface area contributed by atoms with E-state index in [1.165, 1.54) is 0 Å². The van der Waals surface area contributed by atoms with Crippen LogP contribution in [0, 0.1) is 0 Å². The molecular weight excluding hydrogens is 282 g/mol. The van der Waals surface area contributed by atoms with Gasteiger partial charge in [0.05, 0.1) is 7.11 Å². The Labute approximate surface area is 122 Å². The summed E-state index contributed by atoms with van der Waals surface area (Å²) in [7, 11) is 1.62. The summed E-state index contributed by atoms with van der Waals surface area (Å²) < 4.78 is 7.35. The van der Waals surface area contributed by atoms with E-state index in [-0.39, 0.29) is 0 Å². The first-order valence-corrected chi connectivity index (χ1v) is 8.00. The molecule has 0 spiro atoms. The molecule has 0 bridgehead atoms. The average molecular weight is 300 g/mol. The van der Waals surface area contributed by atoms with Crippen LogP contribution in [0.15, 0.2) is 12.1 Å². The summed E-state index contributed by atoms with van der Waals surface area (Å²) >= 11 is 7.69. The van der Waals surface area contributed by atoms with Crippen LogP contribution in [0.1, 0.15) is 12.7 Å². The number of methoxy groups -OCH3 is 1. The van der Waals surface area contributed by atoms with Gasteiger partial charge in [0, 0.05) is 30.2 Å². The van der Waals surface area contributed by atoms with E-state index in [2.05, 4.69) is 27.7 Å². The molecule has 0 radical (unpaired) electrons. The van der Waals surface area contributed by atoms with Crippen molar-refractivity contribution >= 4 is 34.5 Å². The molecule has 2 aromatic rings. The number of rotatable bonds is 6. The predicted octanol–water partition coefficient (Wildman–Crippen LogP) is 2.97. The molecule has 2 aromatic heterocycles. The number of hydrogen-bond acceptors (Lipinski definition) is 4. The Kier molecular flexibility index (Phi) is 4.93. The number of fused-ring (bicyclic) bond motifs is 1. The van der Waals surface area contributed by atoms with Gasteiger partial charge < -0.3 is 9.30 Å². The van der Waals surface area contributed by atoms with Crippen molar-refractivity contribution < 1.29 is 4.74 Å². The molecule has 0 saturated carbocycles. The molecule has 0 saturated heterocycles. The minimum Gasteiger partial charge on any atom is -0.481 e. The molecule has 1 atom stereocenters. The lowest BCUT2D eigenvalue weighted by molar-refractivity contribution is 0.399. The zero-order valence-electron chi connectivity index (χ0n) is 11.4. The highest BCUT2D eigenvalue weighted by Crippen LogP contribution is 2.21. The summed E-state index contributed by atoms with van der Waals surface area (Å²) in [4.78, 5) is 9.13. The van der Waals surface area contributed by atoms with Gasteiger partial charge in [0.2, 0.25) is 5.88 Å². The number of pyridine rings is 1.